The zero-order valence-corrected chi connectivity index (χ0v) is 9.64. The van der Waals surface area contributed by atoms with Crippen molar-refractivity contribution >= 4 is 27.5 Å². The van der Waals surface area contributed by atoms with Crippen LogP contribution in [0.5, 0.6) is 0 Å². The van der Waals surface area contributed by atoms with Gasteiger partial charge in [-0.2, -0.15) is 0 Å². The minimum absolute atomic E-state index is 0.296. The lowest BCUT2D eigenvalue weighted by Gasteiger charge is -1.96. The Morgan fingerprint density at radius 3 is 2.80 bits per heavy atom. The SMILES string of the molecule is COC(=O)c1cc2c(C)cc(C)nc2s1. The summed E-state index contributed by atoms with van der Waals surface area (Å²) in [7, 11) is 1.39. The Morgan fingerprint density at radius 2 is 2.13 bits per heavy atom. The van der Waals surface area contributed by atoms with Crippen LogP contribution in [0.4, 0.5) is 0 Å². The van der Waals surface area contributed by atoms with Crippen molar-refractivity contribution < 1.29 is 9.53 Å². The molecule has 0 amide bonds. The van der Waals surface area contributed by atoms with E-state index in [1.807, 2.05) is 26.0 Å². The normalized spacial score (nSPS) is 10.6. The fraction of sp³-hybridized carbons (Fsp3) is 0.273. The van der Waals surface area contributed by atoms with Crippen LogP contribution in [0.3, 0.4) is 0 Å². The quantitative estimate of drug-likeness (QED) is 0.695. The van der Waals surface area contributed by atoms with E-state index in [1.165, 1.54) is 18.4 Å². The molecule has 0 aliphatic rings. The first-order valence-electron chi connectivity index (χ1n) is 4.58. The van der Waals surface area contributed by atoms with Gasteiger partial charge in [0.1, 0.15) is 9.71 Å². The summed E-state index contributed by atoms with van der Waals surface area (Å²) in [5.74, 6) is -0.296. The molecule has 0 bridgehead atoms. The highest BCUT2D eigenvalue weighted by Gasteiger charge is 2.12. The molecule has 4 heteroatoms. The summed E-state index contributed by atoms with van der Waals surface area (Å²) in [6, 6.07) is 3.85. The highest BCUT2D eigenvalue weighted by molar-refractivity contribution is 7.20. The summed E-state index contributed by atoms with van der Waals surface area (Å²) in [5, 5.41) is 1.03. The molecule has 0 unspecified atom stereocenters. The van der Waals surface area contributed by atoms with E-state index >= 15 is 0 Å². The van der Waals surface area contributed by atoms with Crippen LogP contribution >= 0.6 is 11.3 Å². The highest BCUT2D eigenvalue weighted by atomic mass is 32.1. The van der Waals surface area contributed by atoms with Crippen molar-refractivity contribution in [2.75, 3.05) is 7.11 Å². The van der Waals surface area contributed by atoms with Gasteiger partial charge in [0.15, 0.2) is 0 Å². The number of hydrogen-bond acceptors (Lipinski definition) is 4. The molecular weight excluding hydrogens is 210 g/mol. The van der Waals surface area contributed by atoms with Gasteiger partial charge in [0.2, 0.25) is 0 Å². The Kier molecular flexibility index (Phi) is 2.44. The third kappa shape index (κ3) is 1.72. The first kappa shape index (κ1) is 10.1. The van der Waals surface area contributed by atoms with E-state index < -0.39 is 0 Å². The summed E-state index contributed by atoms with van der Waals surface area (Å²) < 4.78 is 4.68. The van der Waals surface area contributed by atoms with Gasteiger partial charge in [0, 0.05) is 11.1 Å². The molecule has 0 spiro atoms. The van der Waals surface area contributed by atoms with Crippen molar-refractivity contribution in [3.05, 3.63) is 28.3 Å². The third-order valence-electron chi connectivity index (χ3n) is 2.23. The molecule has 0 aliphatic carbocycles. The van der Waals surface area contributed by atoms with Gasteiger partial charge >= 0.3 is 5.97 Å². The van der Waals surface area contributed by atoms with Crippen LogP contribution in [-0.4, -0.2) is 18.1 Å². The predicted octanol–water partition coefficient (Wildman–Crippen LogP) is 2.70. The summed E-state index contributed by atoms with van der Waals surface area (Å²) in [4.78, 5) is 17.2. The minimum atomic E-state index is -0.296. The largest absolute Gasteiger partial charge is 0.465 e. The van der Waals surface area contributed by atoms with Crippen molar-refractivity contribution in [2.45, 2.75) is 13.8 Å². The van der Waals surface area contributed by atoms with Crippen LogP contribution in [0.15, 0.2) is 12.1 Å². The first-order chi connectivity index (χ1) is 7.11. The number of nitrogens with zero attached hydrogens (tertiary/aromatic N) is 1. The van der Waals surface area contributed by atoms with Gasteiger partial charge in [0.05, 0.1) is 7.11 Å². The Hall–Kier alpha value is -1.42. The highest BCUT2D eigenvalue weighted by Crippen LogP contribution is 2.27. The molecule has 0 radical (unpaired) electrons. The van der Waals surface area contributed by atoms with E-state index in [2.05, 4.69) is 9.72 Å². The summed E-state index contributed by atoms with van der Waals surface area (Å²) >= 11 is 1.37. The molecule has 2 aromatic heterocycles. The monoisotopic (exact) mass is 221 g/mol. The maximum absolute atomic E-state index is 11.3. The fourth-order valence-electron chi connectivity index (χ4n) is 1.53. The second-order valence-electron chi connectivity index (χ2n) is 3.40. The molecule has 78 valence electrons. The molecule has 0 N–H and O–H groups in total. The van der Waals surface area contributed by atoms with E-state index in [0.717, 1.165) is 21.5 Å². The van der Waals surface area contributed by atoms with Gasteiger partial charge in [0.25, 0.3) is 0 Å². The van der Waals surface area contributed by atoms with Crippen LogP contribution < -0.4 is 0 Å². The van der Waals surface area contributed by atoms with Gasteiger partial charge in [-0.3, -0.25) is 0 Å². The van der Waals surface area contributed by atoms with Gasteiger partial charge in [-0.25, -0.2) is 9.78 Å². The number of aromatic nitrogens is 1. The summed E-state index contributed by atoms with van der Waals surface area (Å²) in [5.41, 5.74) is 2.11. The van der Waals surface area contributed by atoms with E-state index in [9.17, 15) is 4.79 Å². The molecule has 15 heavy (non-hydrogen) atoms. The van der Waals surface area contributed by atoms with Crippen molar-refractivity contribution in [1.82, 2.24) is 4.98 Å². The third-order valence-corrected chi connectivity index (χ3v) is 3.24. The number of aryl methyl sites for hydroxylation is 2. The Bertz CT molecular complexity index is 531. The predicted molar refractivity (Wildman–Crippen MR) is 60.4 cm³/mol. The molecule has 0 aromatic carbocycles. The van der Waals surface area contributed by atoms with Gasteiger partial charge in [-0.1, -0.05) is 0 Å². The number of methoxy groups -OCH3 is 1. The van der Waals surface area contributed by atoms with Crippen molar-refractivity contribution in [3.8, 4) is 0 Å². The maximum atomic E-state index is 11.3. The number of rotatable bonds is 1. The minimum Gasteiger partial charge on any atom is -0.465 e. The van der Waals surface area contributed by atoms with Crippen LogP contribution in [0.25, 0.3) is 10.2 Å². The number of thiophene rings is 1. The number of fused-ring (bicyclic) bond motifs is 1. The zero-order chi connectivity index (χ0) is 11.0. The van der Waals surface area contributed by atoms with Crippen molar-refractivity contribution in [2.24, 2.45) is 0 Å². The van der Waals surface area contributed by atoms with Crippen LogP contribution in [0.1, 0.15) is 20.9 Å². The molecule has 3 nitrogen and oxygen atoms in total. The van der Waals surface area contributed by atoms with Gasteiger partial charge in [-0.05, 0) is 31.5 Å². The lowest BCUT2D eigenvalue weighted by molar-refractivity contribution is 0.0606. The summed E-state index contributed by atoms with van der Waals surface area (Å²) in [6.45, 7) is 3.97. The molecular formula is C11H11NO2S. The molecule has 2 heterocycles. The van der Waals surface area contributed by atoms with Gasteiger partial charge in [-0.15, -0.1) is 11.3 Å². The fourth-order valence-corrected chi connectivity index (χ4v) is 2.60. The summed E-state index contributed by atoms with van der Waals surface area (Å²) in [6.07, 6.45) is 0. The van der Waals surface area contributed by atoms with E-state index in [-0.39, 0.29) is 5.97 Å². The van der Waals surface area contributed by atoms with E-state index in [4.69, 9.17) is 0 Å². The number of carbonyl (C=O) groups is 1. The van der Waals surface area contributed by atoms with Crippen molar-refractivity contribution in [3.63, 3.8) is 0 Å². The standard InChI is InChI=1S/C11H11NO2S/c1-6-4-7(2)12-10-8(6)5-9(15-10)11(13)14-3/h4-5H,1-3H3. The lowest BCUT2D eigenvalue weighted by Crippen LogP contribution is -1.96. The molecule has 0 aliphatic heterocycles. The molecule has 0 saturated carbocycles. The van der Waals surface area contributed by atoms with E-state index in [1.54, 1.807) is 0 Å². The van der Waals surface area contributed by atoms with Crippen LogP contribution in [0.2, 0.25) is 0 Å². The number of ether oxygens (including phenoxy) is 1. The smallest absolute Gasteiger partial charge is 0.348 e. The Morgan fingerprint density at radius 1 is 1.40 bits per heavy atom. The van der Waals surface area contributed by atoms with Crippen LogP contribution in [-0.2, 0) is 4.74 Å². The molecule has 0 fully saturated rings. The first-order valence-corrected chi connectivity index (χ1v) is 5.39. The molecule has 0 atom stereocenters. The second kappa shape index (κ2) is 3.62. The average molecular weight is 221 g/mol. The van der Waals surface area contributed by atoms with E-state index in [0.29, 0.717) is 4.88 Å². The number of pyridine rings is 1. The molecule has 0 saturated heterocycles. The Balaban J connectivity index is 2.65. The van der Waals surface area contributed by atoms with Crippen LogP contribution in [0, 0.1) is 13.8 Å². The van der Waals surface area contributed by atoms with Crippen molar-refractivity contribution in [1.29, 1.82) is 0 Å². The number of hydrogen-bond donors (Lipinski definition) is 0. The molecule has 2 rings (SSSR count). The topological polar surface area (TPSA) is 39.2 Å². The maximum Gasteiger partial charge on any atom is 0.348 e. The average Bonchev–Trinajstić information content (AvgIpc) is 2.60. The zero-order valence-electron chi connectivity index (χ0n) is 8.83. The molecule has 2 aromatic rings. The number of esters is 1. The second-order valence-corrected chi connectivity index (χ2v) is 4.43. The Labute approximate surface area is 91.7 Å². The number of carbonyl (C=O) groups excluding carboxylic acids is 1. The lowest BCUT2D eigenvalue weighted by atomic mass is 10.2. The van der Waals surface area contributed by atoms with Gasteiger partial charge < -0.3 is 4.74 Å².